The van der Waals surface area contributed by atoms with Crippen LogP contribution in [0.15, 0.2) is 42.6 Å². The fourth-order valence-electron chi connectivity index (χ4n) is 2.51. The number of rotatable bonds is 7. The van der Waals surface area contributed by atoms with E-state index in [1.807, 2.05) is 6.07 Å². The molecule has 1 aromatic carbocycles. The molecule has 0 bridgehead atoms. The first-order valence-corrected chi connectivity index (χ1v) is 8.84. The SMILES string of the molecule is CCN(CC)c1ccc(C(=O)N(C)CC(=O)Nc2ccccc2Cl)cn1. The van der Waals surface area contributed by atoms with Gasteiger partial charge in [-0.2, -0.15) is 0 Å². The number of hydrogen-bond acceptors (Lipinski definition) is 4. The largest absolute Gasteiger partial charge is 0.357 e. The van der Waals surface area contributed by atoms with Crippen LogP contribution in [0.4, 0.5) is 11.5 Å². The Bertz CT molecular complexity index is 760. The number of halogens is 1. The highest BCUT2D eigenvalue weighted by molar-refractivity contribution is 6.33. The minimum absolute atomic E-state index is 0.0815. The number of pyridine rings is 1. The van der Waals surface area contributed by atoms with Crippen molar-refractivity contribution in [2.45, 2.75) is 13.8 Å². The van der Waals surface area contributed by atoms with E-state index in [1.165, 1.54) is 4.90 Å². The number of anilines is 2. The number of aromatic nitrogens is 1. The molecule has 26 heavy (non-hydrogen) atoms. The first-order valence-electron chi connectivity index (χ1n) is 8.47. The van der Waals surface area contributed by atoms with E-state index < -0.39 is 0 Å². The molecule has 1 N–H and O–H groups in total. The lowest BCUT2D eigenvalue weighted by Gasteiger charge is -2.20. The summed E-state index contributed by atoms with van der Waals surface area (Å²) in [4.78, 5) is 32.4. The van der Waals surface area contributed by atoms with Gasteiger partial charge in [-0.15, -0.1) is 0 Å². The molecule has 2 aromatic rings. The van der Waals surface area contributed by atoms with Crippen molar-refractivity contribution >= 4 is 34.9 Å². The Hall–Kier alpha value is -2.60. The number of nitrogens with zero attached hydrogens (tertiary/aromatic N) is 3. The predicted molar refractivity (Wildman–Crippen MR) is 105 cm³/mol. The molecule has 2 amide bonds. The van der Waals surface area contributed by atoms with Crippen molar-refractivity contribution in [1.82, 2.24) is 9.88 Å². The molecule has 6 nitrogen and oxygen atoms in total. The Morgan fingerprint density at radius 2 is 1.81 bits per heavy atom. The number of carbonyl (C=O) groups excluding carboxylic acids is 2. The van der Waals surface area contributed by atoms with Crippen molar-refractivity contribution in [1.29, 1.82) is 0 Å². The Morgan fingerprint density at radius 1 is 1.12 bits per heavy atom. The van der Waals surface area contributed by atoms with Gasteiger partial charge >= 0.3 is 0 Å². The molecule has 0 saturated carbocycles. The number of benzene rings is 1. The van der Waals surface area contributed by atoms with Gasteiger partial charge in [0, 0.05) is 26.3 Å². The third-order valence-corrected chi connectivity index (χ3v) is 4.29. The number of para-hydroxylation sites is 1. The molecule has 0 aliphatic rings. The topological polar surface area (TPSA) is 65.5 Å². The maximum Gasteiger partial charge on any atom is 0.255 e. The van der Waals surface area contributed by atoms with Crippen LogP contribution in [0.2, 0.25) is 5.02 Å². The summed E-state index contributed by atoms with van der Waals surface area (Å²) in [5.74, 6) is 0.241. The van der Waals surface area contributed by atoms with Crippen LogP contribution in [0.3, 0.4) is 0 Å². The minimum atomic E-state index is -0.318. The molecule has 2 rings (SSSR count). The monoisotopic (exact) mass is 374 g/mol. The average molecular weight is 375 g/mol. The fourth-order valence-corrected chi connectivity index (χ4v) is 2.69. The zero-order valence-corrected chi connectivity index (χ0v) is 16.0. The van der Waals surface area contributed by atoms with Crippen LogP contribution in [0.25, 0.3) is 0 Å². The van der Waals surface area contributed by atoms with Crippen LogP contribution in [-0.4, -0.2) is 48.4 Å². The molecule has 0 radical (unpaired) electrons. The van der Waals surface area contributed by atoms with E-state index in [0.29, 0.717) is 16.3 Å². The molecule has 1 heterocycles. The summed E-state index contributed by atoms with van der Waals surface area (Å²) in [6.45, 7) is 5.71. The molecule has 0 fully saturated rings. The molecule has 0 spiro atoms. The van der Waals surface area contributed by atoms with Crippen LogP contribution in [0.5, 0.6) is 0 Å². The van der Waals surface area contributed by atoms with Crippen molar-refractivity contribution in [3.05, 3.63) is 53.2 Å². The van der Waals surface area contributed by atoms with E-state index in [1.54, 1.807) is 43.6 Å². The average Bonchev–Trinajstić information content (AvgIpc) is 2.64. The highest BCUT2D eigenvalue weighted by Gasteiger charge is 2.16. The summed E-state index contributed by atoms with van der Waals surface area (Å²) in [7, 11) is 1.58. The van der Waals surface area contributed by atoms with Gasteiger partial charge in [-0.3, -0.25) is 9.59 Å². The van der Waals surface area contributed by atoms with Crippen molar-refractivity contribution in [3.63, 3.8) is 0 Å². The number of amides is 2. The highest BCUT2D eigenvalue weighted by atomic mass is 35.5. The lowest BCUT2D eigenvalue weighted by Crippen LogP contribution is -2.35. The van der Waals surface area contributed by atoms with Gasteiger partial charge in [0.15, 0.2) is 0 Å². The zero-order valence-electron chi connectivity index (χ0n) is 15.2. The smallest absolute Gasteiger partial charge is 0.255 e. The summed E-state index contributed by atoms with van der Waals surface area (Å²) < 4.78 is 0. The second-order valence-electron chi connectivity index (χ2n) is 5.77. The fraction of sp³-hybridized carbons (Fsp3) is 0.316. The summed E-state index contributed by atoms with van der Waals surface area (Å²) in [5.41, 5.74) is 0.958. The Labute approximate surface area is 158 Å². The first kappa shape index (κ1) is 19.7. The zero-order chi connectivity index (χ0) is 19.1. The highest BCUT2D eigenvalue weighted by Crippen LogP contribution is 2.20. The predicted octanol–water partition coefficient (Wildman–Crippen LogP) is 3.29. The van der Waals surface area contributed by atoms with E-state index in [0.717, 1.165) is 18.9 Å². The molecule has 0 aliphatic heterocycles. The number of nitrogens with one attached hydrogen (secondary N) is 1. The van der Waals surface area contributed by atoms with E-state index >= 15 is 0 Å². The van der Waals surface area contributed by atoms with Crippen LogP contribution < -0.4 is 10.2 Å². The molecule has 0 atom stereocenters. The van der Waals surface area contributed by atoms with Crippen molar-refractivity contribution in [2.24, 2.45) is 0 Å². The third-order valence-electron chi connectivity index (χ3n) is 3.96. The van der Waals surface area contributed by atoms with Crippen LogP contribution in [0, 0.1) is 0 Å². The number of carbonyl (C=O) groups is 2. The molecule has 1 aromatic heterocycles. The lowest BCUT2D eigenvalue weighted by atomic mass is 10.2. The quantitative estimate of drug-likeness (QED) is 0.807. The van der Waals surface area contributed by atoms with Crippen molar-refractivity contribution in [2.75, 3.05) is 36.9 Å². The molecule has 0 saturated heterocycles. The van der Waals surface area contributed by atoms with Gasteiger partial charge in [-0.05, 0) is 38.1 Å². The van der Waals surface area contributed by atoms with Gasteiger partial charge < -0.3 is 15.1 Å². The Morgan fingerprint density at radius 3 is 2.38 bits per heavy atom. The molecular formula is C19H23ClN4O2. The van der Waals surface area contributed by atoms with Crippen LogP contribution in [-0.2, 0) is 4.79 Å². The van der Waals surface area contributed by atoms with Gasteiger partial charge in [0.25, 0.3) is 5.91 Å². The standard InChI is InChI=1S/C19H23ClN4O2/c1-4-24(5-2)17-11-10-14(12-21-17)19(26)23(3)13-18(25)22-16-9-7-6-8-15(16)20/h6-12H,4-5,13H2,1-3H3,(H,22,25). The summed E-state index contributed by atoms with van der Waals surface area (Å²) in [6, 6.07) is 10.5. The van der Waals surface area contributed by atoms with Crippen molar-refractivity contribution < 1.29 is 9.59 Å². The van der Waals surface area contributed by atoms with Gasteiger partial charge in [0.1, 0.15) is 5.82 Å². The third kappa shape index (κ3) is 4.95. The maximum absolute atomic E-state index is 12.5. The van der Waals surface area contributed by atoms with Crippen LogP contribution in [0.1, 0.15) is 24.2 Å². The minimum Gasteiger partial charge on any atom is -0.357 e. The molecule has 7 heteroatoms. The molecular weight excluding hydrogens is 352 g/mol. The summed E-state index contributed by atoms with van der Waals surface area (Å²) in [6.07, 6.45) is 1.54. The van der Waals surface area contributed by atoms with Gasteiger partial charge in [-0.25, -0.2) is 4.98 Å². The second-order valence-corrected chi connectivity index (χ2v) is 6.17. The summed E-state index contributed by atoms with van der Waals surface area (Å²) in [5, 5.41) is 3.15. The van der Waals surface area contributed by atoms with Gasteiger partial charge in [0.05, 0.1) is 22.8 Å². The Balaban J connectivity index is 1.98. The van der Waals surface area contributed by atoms with E-state index in [2.05, 4.69) is 29.0 Å². The Kier molecular flexibility index (Phi) is 6.97. The lowest BCUT2D eigenvalue weighted by molar-refractivity contribution is -0.116. The van der Waals surface area contributed by atoms with E-state index in [-0.39, 0.29) is 18.4 Å². The number of likely N-dealkylation sites (N-methyl/N-ethyl adjacent to an activating group) is 1. The van der Waals surface area contributed by atoms with E-state index in [4.69, 9.17) is 11.6 Å². The second kappa shape index (κ2) is 9.20. The van der Waals surface area contributed by atoms with Gasteiger partial charge in [0.2, 0.25) is 5.91 Å². The first-order chi connectivity index (χ1) is 12.5. The number of hydrogen-bond donors (Lipinski definition) is 1. The van der Waals surface area contributed by atoms with Crippen LogP contribution >= 0.6 is 11.6 Å². The van der Waals surface area contributed by atoms with E-state index in [9.17, 15) is 9.59 Å². The molecule has 138 valence electrons. The van der Waals surface area contributed by atoms with Gasteiger partial charge in [-0.1, -0.05) is 23.7 Å². The summed E-state index contributed by atoms with van der Waals surface area (Å²) >= 11 is 6.02. The van der Waals surface area contributed by atoms with Crippen molar-refractivity contribution in [3.8, 4) is 0 Å². The maximum atomic E-state index is 12.5. The normalized spacial score (nSPS) is 10.3. The molecule has 0 aliphatic carbocycles. The molecule has 0 unspecified atom stereocenters.